The predicted octanol–water partition coefficient (Wildman–Crippen LogP) is 2.25. The number of rotatable bonds is 7. The van der Waals surface area contributed by atoms with Gasteiger partial charge in [-0.2, -0.15) is 0 Å². The Labute approximate surface area is 188 Å². The molecule has 0 saturated carbocycles. The first-order chi connectivity index (χ1) is 15.9. The lowest BCUT2D eigenvalue weighted by Gasteiger charge is -2.18. The van der Waals surface area contributed by atoms with Crippen LogP contribution >= 0.6 is 0 Å². The molecule has 0 fully saturated rings. The molecule has 0 radical (unpaired) electrons. The van der Waals surface area contributed by atoms with Gasteiger partial charge in [0.2, 0.25) is 17.1 Å². The third kappa shape index (κ3) is 4.49. The zero-order valence-electron chi connectivity index (χ0n) is 18.0. The van der Waals surface area contributed by atoms with Crippen LogP contribution in [0.15, 0.2) is 57.9 Å². The van der Waals surface area contributed by atoms with Gasteiger partial charge in [0.15, 0.2) is 28.7 Å². The fraction of sp³-hybridized carbons (Fsp3) is 0.217. The number of benzene rings is 1. The third-order valence-corrected chi connectivity index (χ3v) is 5.21. The van der Waals surface area contributed by atoms with Crippen LogP contribution in [0.4, 0.5) is 0 Å². The van der Waals surface area contributed by atoms with Gasteiger partial charge in [0.25, 0.3) is 0 Å². The zero-order chi connectivity index (χ0) is 23.5. The summed E-state index contributed by atoms with van der Waals surface area (Å²) >= 11 is 0. The van der Waals surface area contributed by atoms with Gasteiger partial charge >= 0.3 is 0 Å². The molecule has 10 heteroatoms. The molecule has 3 heterocycles. The molecule has 3 aromatic heterocycles. The normalized spacial score (nSPS) is 11.9. The van der Waals surface area contributed by atoms with Gasteiger partial charge in [0.1, 0.15) is 5.76 Å². The number of phenols is 1. The summed E-state index contributed by atoms with van der Waals surface area (Å²) in [5, 5.41) is 31.3. The first kappa shape index (κ1) is 21.9. The zero-order valence-corrected chi connectivity index (χ0v) is 18.0. The van der Waals surface area contributed by atoms with Crippen LogP contribution in [0, 0.1) is 6.92 Å². The number of aryl methyl sites for hydroxylation is 1. The van der Waals surface area contributed by atoms with Crippen LogP contribution in [0.3, 0.4) is 0 Å². The minimum absolute atomic E-state index is 0.0455. The second-order valence-corrected chi connectivity index (χ2v) is 7.44. The number of aromatic nitrogens is 3. The molecule has 0 aliphatic heterocycles. The summed E-state index contributed by atoms with van der Waals surface area (Å²) in [4.78, 5) is 25.1. The molecule has 1 atom stereocenters. The number of carbonyl (C=O) groups excluding carboxylic acids is 1. The van der Waals surface area contributed by atoms with Gasteiger partial charge in [-0.05, 0) is 36.8 Å². The van der Waals surface area contributed by atoms with Crippen molar-refractivity contribution in [3.63, 3.8) is 0 Å². The Hall–Kier alpha value is -4.34. The van der Waals surface area contributed by atoms with Crippen molar-refractivity contribution in [3.8, 4) is 17.2 Å². The number of aromatic hydroxyl groups is 2. The van der Waals surface area contributed by atoms with Crippen LogP contribution in [-0.4, -0.2) is 37.8 Å². The number of methoxy groups -OCH3 is 1. The molecule has 1 amide bonds. The summed E-state index contributed by atoms with van der Waals surface area (Å²) in [5.74, 6) is -0.874. The maximum atomic E-state index is 12.9. The number of ether oxygens (including phenoxy) is 1. The lowest BCUT2D eigenvalue weighted by Crippen LogP contribution is -2.26. The number of amides is 1. The van der Waals surface area contributed by atoms with Crippen molar-refractivity contribution in [1.82, 2.24) is 19.9 Å². The van der Waals surface area contributed by atoms with Gasteiger partial charge in [-0.15, -0.1) is 10.2 Å². The molecule has 1 aromatic carbocycles. The Balaban J connectivity index is 1.63. The molecular weight excluding hydrogens is 428 g/mol. The van der Waals surface area contributed by atoms with Crippen molar-refractivity contribution >= 4 is 11.6 Å². The molecule has 0 bridgehead atoms. The van der Waals surface area contributed by atoms with Crippen molar-refractivity contribution in [2.45, 2.75) is 25.8 Å². The number of carbonyl (C=O) groups is 1. The second-order valence-electron chi connectivity index (χ2n) is 7.44. The molecule has 1 unspecified atom stereocenters. The molecule has 0 aliphatic rings. The first-order valence-corrected chi connectivity index (χ1v) is 10.1. The SMILES string of the molecule is COc1cc(C(CC(=O)NCc2nnc3ccccn23)c2oc(C)cc(=O)c2O)ccc1O. The standard InChI is InChI=1S/C23H22N4O6/c1-13-9-17(29)22(31)23(33-13)15(14-6-7-16(28)18(10-14)32-2)11-21(30)24-12-20-26-25-19-5-3-4-8-27(19)20/h3-10,15,28,31H,11-12H2,1-2H3,(H,24,30). The molecule has 3 N–H and O–H groups in total. The van der Waals surface area contributed by atoms with E-state index in [1.54, 1.807) is 29.7 Å². The van der Waals surface area contributed by atoms with Crippen molar-refractivity contribution in [2.75, 3.05) is 7.11 Å². The van der Waals surface area contributed by atoms with E-state index in [2.05, 4.69) is 15.5 Å². The van der Waals surface area contributed by atoms with Crippen LogP contribution in [0.25, 0.3) is 5.65 Å². The van der Waals surface area contributed by atoms with Crippen LogP contribution < -0.4 is 15.5 Å². The van der Waals surface area contributed by atoms with Gasteiger partial charge in [-0.25, -0.2) is 0 Å². The van der Waals surface area contributed by atoms with E-state index < -0.39 is 17.1 Å². The van der Waals surface area contributed by atoms with E-state index in [0.717, 1.165) is 0 Å². The smallest absolute Gasteiger partial charge is 0.227 e. The summed E-state index contributed by atoms with van der Waals surface area (Å²) in [5.41, 5.74) is 0.555. The Kier molecular flexibility index (Phi) is 5.99. The average molecular weight is 450 g/mol. The summed E-state index contributed by atoms with van der Waals surface area (Å²) in [6.45, 7) is 1.70. The van der Waals surface area contributed by atoms with Crippen LogP contribution in [0.2, 0.25) is 0 Å². The van der Waals surface area contributed by atoms with Crippen LogP contribution in [0.5, 0.6) is 17.2 Å². The monoisotopic (exact) mass is 450 g/mol. The predicted molar refractivity (Wildman–Crippen MR) is 117 cm³/mol. The van der Waals surface area contributed by atoms with Crippen molar-refractivity contribution < 1.29 is 24.2 Å². The van der Waals surface area contributed by atoms with E-state index in [9.17, 15) is 19.8 Å². The number of nitrogens with zero attached hydrogens (tertiary/aromatic N) is 3. The Morgan fingerprint density at radius 2 is 2.03 bits per heavy atom. The molecule has 0 saturated heterocycles. The highest BCUT2D eigenvalue weighted by Gasteiger charge is 2.27. The maximum Gasteiger partial charge on any atom is 0.227 e. The first-order valence-electron chi connectivity index (χ1n) is 10.1. The number of nitrogens with one attached hydrogen (secondary N) is 1. The molecule has 170 valence electrons. The lowest BCUT2D eigenvalue weighted by atomic mass is 9.91. The van der Waals surface area contributed by atoms with Gasteiger partial charge in [0, 0.05) is 18.7 Å². The van der Waals surface area contributed by atoms with Crippen molar-refractivity contribution in [3.05, 3.63) is 81.8 Å². The largest absolute Gasteiger partial charge is 0.504 e. The number of phenolic OH excluding ortho intramolecular Hbond substituents is 1. The Morgan fingerprint density at radius 1 is 1.21 bits per heavy atom. The fourth-order valence-corrected chi connectivity index (χ4v) is 3.58. The molecule has 0 aliphatic carbocycles. The number of fused-ring (bicyclic) bond motifs is 1. The summed E-state index contributed by atoms with van der Waals surface area (Å²) in [6, 6.07) is 11.2. The molecule has 10 nitrogen and oxygen atoms in total. The van der Waals surface area contributed by atoms with Crippen LogP contribution in [0.1, 0.15) is 35.2 Å². The number of hydrogen-bond donors (Lipinski definition) is 3. The molecule has 33 heavy (non-hydrogen) atoms. The minimum Gasteiger partial charge on any atom is -0.504 e. The Bertz CT molecular complexity index is 1380. The quantitative estimate of drug-likeness (QED) is 0.390. The van der Waals surface area contributed by atoms with E-state index in [1.165, 1.54) is 25.3 Å². The summed E-state index contributed by atoms with van der Waals surface area (Å²) in [7, 11) is 1.40. The average Bonchev–Trinajstić information content (AvgIpc) is 3.22. The van der Waals surface area contributed by atoms with Gasteiger partial charge in [-0.1, -0.05) is 12.1 Å². The Morgan fingerprint density at radius 3 is 2.82 bits per heavy atom. The molecule has 4 rings (SSSR count). The molecular formula is C23H22N4O6. The summed E-state index contributed by atoms with van der Waals surface area (Å²) in [6.07, 6.45) is 1.65. The van der Waals surface area contributed by atoms with Gasteiger partial charge in [-0.3, -0.25) is 14.0 Å². The van der Waals surface area contributed by atoms with Crippen molar-refractivity contribution in [2.24, 2.45) is 0 Å². The molecule has 4 aromatic rings. The van der Waals surface area contributed by atoms with Crippen LogP contribution in [-0.2, 0) is 11.3 Å². The highest BCUT2D eigenvalue weighted by Crippen LogP contribution is 2.37. The number of hydrogen-bond acceptors (Lipinski definition) is 8. The fourth-order valence-electron chi connectivity index (χ4n) is 3.58. The van der Waals surface area contributed by atoms with E-state index >= 15 is 0 Å². The second kappa shape index (κ2) is 9.03. The number of pyridine rings is 1. The highest BCUT2D eigenvalue weighted by molar-refractivity contribution is 5.77. The molecule has 0 spiro atoms. The maximum absolute atomic E-state index is 12.9. The minimum atomic E-state index is -0.817. The van der Waals surface area contributed by atoms with E-state index in [0.29, 0.717) is 22.8 Å². The van der Waals surface area contributed by atoms with Gasteiger partial charge < -0.3 is 24.7 Å². The van der Waals surface area contributed by atoms with E-state index in [4.69, 9.17) is 9.15 Å². The topological polar surface area (TPSA) is 139 Å². The third-order valence-electron chi connectivity index (χ3n) is 5.21. The van der Waals surface area contributed by atoms with Crippen molar-refractivity contribution in [1.29, 1.82) is 0 Å². The van der Waals surface area contributed by atoms with E-state index in [-0.39, 0.29) is 36.1 Å². The lowest BCUT2D eigenvalue weighted by molar-refractivity contribution is -0.121. The van der Waals surface area contributed by atoms with E-state index in [1.807, 2.05) is 12.1 Å². The highest BCUT2D eigenvalue weighted by atomic mass is 16.5. The van der Waals surface area contributed by atoms with Gasteiger partial charge in [0.05, 0.1) is 19.6 Å². The summed E-state index contributed by atoms with van der Waals surface area (Å²) < 4.78 is 12.6.